The molecule has 1 amide bonds. The number of benzene rings is 2. The van der Waals surface area contributed by atoms with Crippen LogP contribution < -0.4 is 5.32 Å². The normalized spacial score (nSPS) is 11.0. The summed E-state index contributed by atoms with van der Waals surface area (Å²) in [4.78, 5) is 35.8. The van der Waals surface area contributed by atoms with Crippen molar-refractivity contribution in [3.63, 3.8) is 0 Å². The number of ketones is 1. The highest BCUT2D eigenvalue weighted by Gasteiger charge is 2.15. The summed E-state index contributed by atoms with van der Waals surface area (Å²) in [6.45, 7) is 5.57. The Kier molecular flexibility index (Phi) is 6.75. The number of halogens is 1. The number of ether oxygens (including phenoxy) is 1. The monoisotopic (exact) mass is 387 g/mol. The van der Waals surface area contributed by atoms with E-state index in [1.807, 2.05) is 12.1 Å². The van der Waals surface area contributed by atoms with E-state index in [2.05, 4.69) is 26.1 Å². The van der Waals surface area contributed by atoms with Crippen molar-refractivity contribution in [2.24, 2.45) is 0 Å². The lowest BCUT2D eigenvalue weighted by atomic mass is 9.86. The molecule has 142 valence electrons. The van der Waals surface area contributed by atoms with Gasteiger partial charge in [0.15, 0.2) is 12.4 Å². The van der Waals surface area contributed by atoms with Crippen LogP contribution in [0.1, 0.15) is 47.1 Å². The SMILES string of the molecule is CC(C)(C)c1ccc(C(=O)COC(=O)CNC(=O)c2ccc(Cl)cc2)cc1. The van der Waals surface area contributed by atoms with Crippen molar-refractivity contribution in [2.75, 3.05) is 13.2 Å². The Hall–Kier alpha value is -2.66. The van der Waals surface area contributed by atoms with Gasteiger partial charge in [-0.2, -0.15) is 0 Å². The second-order valence-corrected chi connectivity index (χ2v) is 7.54. The molecule has 0 bridgehead atoms. The standard InChI is InChI=1S/C21H22ClNO4/c1-21(2,3)16-8-4-14(5-9-16)18(24)13-27-19(25)12-23-20(26)15-6-10-17(22)11-7-15/h4-11H,12-13H2,1-3H3,(H,23,26). The maximum atomic E-state index is 12.1. The fourth-order valence-corrected chi connectivity index (χ4v) is 2.42. The van der Waals surface area contributed by atoms with Gasteiger partial charge in [0.2, 0.25) is 0 Å². The second kappa shape index (κ2) is 8.82. The van der Waals surface area contributed by atoms with Gasteiger partial charge in [-0.1, -0.05) is 56.6 Å². The summed E-state index contributed by atoms with van der Waals surface area (Å²) in [6, 6.07) is 13.5. The fraction of sp³-hybridized carbons (Fsp3) is 0.286. The Morgan fingerprint density at radius 2 is 1.48 bits per heavy atom. The molecule has 0 aliphatic heterocycles. The fourth-order valence-electron chi connectivity index (χ4n) is 2.29. The minimum atomic E-state index is -0.683. The summed E-state index contributed by atoms with van der Waals surface area (Å²) >= 11 is 5.76. The van der Waals surface area contributed by atoms with Crippen LogP contribution in [-0.4, -0.2) is 30.8 Å². The van der Waals surface area contributed by atoms with Crippen molar-refractivity contribution in [1.82, 2.24) is 5.32 Å². The molecule has 27 heavy (non-hydrogen) atoms. The number of esters is 1. The Morgan fingerprint density at radius 3 is 2.04 bits per heavy atom. The number of amides is 1. The summed E-state index contributed by atoms with van der Waals surface area (Å²) < 4.78 is 4.94. The Balaban J connectivity index is 1.80. The van der Waals surface area contributed by atoms with Gasteiger partial charge in [-0.05, 0) is 35.2 Å². The van der Waals surface area contributed by atoms with E-state index in [-0.39, 0.29) is 24.3 Å². The summed E-state index contributed by atoms with van der Waals surface area (Å²) in [5.74, 6) is -1.41. The first-order chi connectivity index (χ1) is 12.7. The highest BCUT2D eigenvalue weighted by Crippen LogP contribution is 2.22. The molecular weight excluding hydrogens is 366 g/mol. The number of Topliss-reactive ketones (excluding diaryl/α,β-unsaturated/α-hetero) is 1. The van der Waals surface area contributed by atoms with Gasteiger partial charge in [-0.3, -0.25) is 14.4 Å². The third-order valence-electron chi connectivity index (χ3n) is 3.94. The third kappa shape index (κ3) is 6.22. The van der Waals surface area contributed by atoms with Crippen molar-refractivity contribution in [3.8, 4) is 0 Å². The largest absolute Gasteiger partial charge is 0.456 e. The van der Waals surface area contributed by atoms with Crippen LogP contribution >= 0.6 is 11.6 Å². The average Bonchev–Trinajstić information content (AvgIpc) is 2.64. The van der Waals surface area contributed by atoms with Crippen molar-refractivity contribution in [1.29, 1.82) is 0 Å². The van der Waals surface area contributed by atoms with Crippen LogP contribution in [0, 0.1) is 0 Å². The third-order valence-corrected chi connectivity index (χ3v) is 4.19. The smallest absolute Gasteiger partial charge is 0.325 e. The number of nitrogens with one attached hydrogen (secondary N) is 1. The molecule has 0 saturated carbocycles. The molecule has 1 N–H and O–H groups in total. The number of hydrogen-bond acceptors (Lipinski definition) is 4. The molecule has 0 atom stereocenters. The van der Waals surface area contributed by atoms with E-state index in [0.717, 1.165) is 5.56 Å². The lowest BCUT2D eigenvalue weighted by Crippen LogP contribution is -2.31. The van der Waals surface area contributed by atoms with Crippen LogP contribution in [0.4, 0.5) is 0 Å². The Morgan fingerprint density at radius 1 is 0.926 bits per heavy atom. The van der Waals surface area contributed by atoms with E-state index in [1.165, 1.54) is 0 Å². The molecule has 0 aromatic heterocycles. The van der Waals surface area contributed by atoms with Crippen molar-refractivity contribution >= 4 is 29.3 Å². The molecule has 0 spiro atoms. The first-order valence-corrected chi connectivity index (χ1v) is 8.88. The van der Waals surface area contributed by atoms with Gasteiger partial charge in [-0.15, -0.1) is 0 Å². The minimum Gasteiger partial charge on any atom is -0.456 e. The molecule has 0 aliphatic carbocycles. The quantitative estimate of drug-likeness (QED) is 0.604. The number of carbonyl (C=O) groups excluding carboxylic acids is 3. The zero-order chi connectivity index (χ0) is 20.0. The van der Waals surface area contributed by atoms with E-state index in [0.29, 0.717) is 16.1 Å². The zero-order valence-electron chi connectivity index (χ0n) is 15.5. The lowest BCUT2D eigenvalue weighted by Gasteiger charge is -2.18. The molecule has 0 radical (unpaired) electrons. The molecule has 2 aromatic carbocycles. The van der Waals surface area contributed by atoms with Crippen molar-refractivity contribution < 1.29 is 19.1 Å². The van der Waals surface area contributed by atoms with Crippen LogP contribution in [-0.2, 0) is 14.9 Å². The molecule has 0 fully saturated rings. The maximum absolute atomic E-state index is 12.1. The molecule has 0 aliphatic rings. The van der Waals surface area contributed by atoms with Gasteiger partial charge < -0.3 is 10.1 Å². The number of hydrogen-bond donors (Lipinski definition) is 1. The molecular formula is C21H22ClNO4. The van der Waals surface area contributed by atoms with Crippen LogP contribution in [0.5, 0.6) is 0 Å². The summed E-state index contributed by atoms with van der Waals surface area (Å²) in [6.07, 6.45) is 0. The van der Waals surface area contributed by atoms with Gasteiger partial charge in [0.25, 0.3) is 5.91 Å². The minimum absolute atomic E-state index is 0.00363. The van der Waals surface area contributed by atoms with Gasteiger partial charge in [0, 0.05) is 16.1 Å². The number of carbonyl (C=O) groups is 3. The molecule has 0 heterocycles. The van der Waals surface area contributed by atoms with Crippen molar-refractivity contribution in [2.45, 2.75) is 26.2 Å². The van der Waals surface area contributed by atoms with E-state index in [4.69, 9.17) is 16.3 Å². The second-order valence-electron chi connectivity index (χ2n) is 7.10. The molecule has 2 rings (SSSR count). The summed E-state index contributed by atoms with van der Waals surface area (Å²) in [7, 11) is 0. The predicted molar refractivity (Wildman–Crippen MR) is 104 cm³/mol. The van der Waals surface area contributed by atoms with Gasteiger partial charge in [-0.25, -0.2) is 0 Å². The van der Waals surface area contributed by atoms with E-state index in [1.54, 1.807) is 36.4 Å². The summed E-state index contributed by atoms with van der Waals surface area (Å²) in [5, 5.41) is 2.95. The van der Waals surface area contributed by atoms with E-state index < -0.39 is 11.9 Å². The molecule has 2 aromatic rings. The molecule has 5 nitrogen and oxygen atoms in total. The topological polar surface area (TPSA) is 72.5 Å². The summed E-state index contributed by atoms with van der Waals surface area (Å²) in [5.41, 5.74) is 1.96. The molecule has 0 unspecified atom stereocenters. The predicted octanol–water partition coefficient (Wildman–Crippen LogP) is 3.79. The lowest BCUT2D eigenvalue weighted by molar-refractivity contribution is -0.141. The van der Waals surface area contributed by atoms with Crippen molar-refractivity contribution in [3.05, 3.63) is 70.2 Å². The average molecular weight is 388 g/mol. The highest BCUT2D eigenvalue weighted by molar-refractivity contribution is 6.30. The van der Waals surface area contributed by atoms with Crippen LogP contribution in [0.15, 0.2) is 48.5 Å². The highest BCUT2D eigenvalue weighted by atomic mass is 35.5. The number of rotatable bonds is 6. The van der Waals surface area contributed by atoms with Crippen LogP contribution in [0.2, 0.25) is 5.02 Å². The van der Waals surface area contributed by atoms with Gasteiger partial charge >= 0.3 is 5.97 Å². The maximum Gasteiger partial charge on any atom is 0.325 e. The Bertz CT molecular complexity index is 821. The Labute approximate surface area is 163 Å². The van der Waals surface area contributed by atoms with Gasteiger partial charge in [0.1, 0.15) is 6.54 Å². The molecule has 6 heteroatoms. The zero-order valence-corrected chi connectivity index (χ0v) is 16.3. The first kappa shape index (κ1) is 20.6. The van der Waals surface area contributed by atoms with Crippen LogP contribution in [0.25, 0.3) is 0 Å². The molecule has 0 saturated heterocycles. The first-order valence-electron chi connectivity index (χ1n) is 8.50. The van der Waals surface area contributed by atoms with E-state index >= 15 is 0 Å². The van der Waals surface area contributed by atoms with Crippen LogP contribution in [0.3, 0.4) is 0 Å². The van der Waals surface area contributed by atoms with E-state index in [9.17, 15) is 14.4 Å². The van der Waals surface area contributed by atoms with Gasteiger partial charge in [0.05, 0.1) is 0 Å².